The smallest absolute Gasteiger partial charge is 0.0390 e. The molecule has 2 heteroatoms. The molecule has 0 radical (unpaired) electrons. The van der Waals surface area contributed by atoms with E-state index in [1.165, 1.54) is 28.5 Å². The van der Waals surface area contributed by atoms with Crippen molar-refractivity contribution < 1.29 is 0 Å². The Bertz CT molecular complexity index is 470. The number of fused-ring (bicyclic) bond motifs is 1. The quantitative estimate of drug-likeness (QED) is 0.826. The van der Waals surface area contributed by atoms with Crippen molar-refractivity contribution in [2.45, 2.75) is 31.8 Å². The SMILES string of the molecule is C[C@H](NC1CC1)c1cccc2ccsc12. The van der Waals surface area contributed by atoms with Gasteiger partial charge in [-0.05, 0) is 42.2 Å². The van der Waals surface area contributed by atoms with Crippen molar-refractivity contribution in [1.29, 1.82) is 0 Å². The van der Waals surface area contributed by atoms with E-state index in [2.05, 4.69) is 41.9 Å². The van der Waals surface area contributed by atoms with Gasteiger partial charge in [0.1, 0.15) is 0 Å². The lowest BCUT2D eigenvalue weighted by Gasteiger charge is -2.14. The van der Waals surface area contributed by atoms with Crippen molar-refractivity contribution in [1.82, 2.24) is 5.32 Å². The third-order valence-corrected chi connectivity index (χ3v) is 4.02. The van der Waals surface area contributed by atoms with E-state index in [4.69, 9.17) is 0 Å². The highest BCUT2D eigenvalue weighted by Gasteiger charge is 2.23. The van der Waals surface area contributed by atoms with Crippen LogP contribution in [-0.4, -0.2) is 6.04 Å². The molecule has 1 atom stereocenters. The van der Waals surface area contributed by atoms with E-state index in [1.54, 1.807) is 0 Å². The Morgan fingerprint density at radius 1 is 1.33 bits per heavy atom. The zero-order valence-corrected chi connectivity index (χ0v) is 9.68. The molecular weight excluding hydrogens is 202 g/mol. The van der Waals surface area contributed by atoms with E-state index < -0.39 is 0 Å². The van der Waals surface area contributed by atoms with Crippen LogP contribution in [0.15, 0.2) is 29.6 Å². The van der Waals surface area contributed by atoms with Crippen LogP contribution >= 0.6 is 11.3 Å². The van der Waals surface area contributed by atoms with Crippen LogP contribution in [0.3, 0.4) is 0 Å². The molecular formula is C13H15NS. The van der Waals surface area contributed by atoms with E-state index in [0.29, 0.717) is 6.04 Å². The molecule has 0 saturated heterocycles. The lowest BCUT2D eigenvalue weighted by atomic mass is 10.1. The first kappa shape index (κ1) is 9.37. The third-order valence-electron chi connectivity index (χ3n) is 3.04. The van der Waals surface area contributed by atoms with Crippen LogP contribution in [0.2, 0.25) is 0 Å². The monoisotopic (exact) mass is 217 g/mol. The summed E-state index contributed by atoms with van der Waals surface area (Å²) in [7, 11) is 0. The molecule has 0 aliphatic heterocycles. The van der Waals surface area contributed by atoms with Gasteiger partial charge in [0.15, 0.2) is 0 Å². The van der Waals surface area contributed by atoms with E-state index in [-0.39, 0.29) is 0 Å². The summed E-state index contributed by atoms with van der Waals surface area (Å²) in [4.78, 5) is 0. The number of rotatable bonds is 3. The van der Waals surface area contributed by atoms with Crippen molar-refractivity contribution >= 4 is 21.4 Å². The van der Waals surface area contributed by atoms with Gasteiger partial charge in [-0.3, -0.25) is 0 Å². The summed E-state index contributed by atoms with van der Waals surface area (Å²) in [6.45, 7) is 2.27. The highest BCUT2D eigenvalue weighted by atomic mass is 32.1. The first-order valence-corrected chi connectivity index (χ1v) is 6.45. The molecule has 2 aromatic rings. The predicted molar refractivity (Wildman–Crippen MR) is 66.4 cm³/mol. The molecule has 1 N–H and O–H groups in total. The molecule has 15 heavy (non-hydrogen) atoms. The zero-order chi connectivity index (χ0) is 10.3. The molecule has 0 bridgehead atoms. The highest BCUT2D eigenvalue weighted by molar-refractivity contribution is 7.17. The zero-order valence-electron chi connectivity index (χ0n) is 8.86. The van der Waals surface area contributed by atoms with Gasteiger partial charge >= 0.3 is 0 Å². The van der Waals surface area contributed by atoms with E-state index in [0.717, 1.165) is 6.04 Å². The Morgan fingerprint density at radius 3 is 3.00 bits per heavy atom. The van der Waals surface area contributed by atoms with Crippen LogP contribution in [0, 0.1) is 0 Å². The molecule has 1 nitrogen and oxygen atoms in total. The molecule has 1 heterocycles. The van der Waals surface area contributed by atoms with E-state index in [1.807, 2.05) is 11.3 Å². The summed E-state index contributed by atoms with van der Waals surface area (Å²) in [5, 5.41) is 7.21. The van der Waals surface area contributed by atoms with Crippen molar-refractivity contribution in [3.63, 3.8) is 0 Å². The van der Waals surface area contributed by atoms with Crippen molar-refractivity contribution in [3.05, 3.63) is 35.2 Å². The van der Waals surface area contributed by atoms with Gasteiger partial charge in [-0.1, -0.05) is 18.2 Å². The van der Waals surface area contributed by atoms with Crippen molar-refractivity contribution in [3.8, 4) is 0 Å². The van der Waals surface area contributed by atoms with Crippen LogP contribution in [0.1, 0.15) is 31.4 Å². The minimum absolute atomic E-state index is 0.486. The van der Waals surface area contributed by atoms with Gasteiger partial charge in [0.05, 0.1) is 0 Å². The average molecular weight is 217 g/mol. The second-order valence-electron chi connectivity index (χ2n) is 4.35. The average Bonchev–Trinajstić information content (AvgIpc) is 2.93. The van der Waals surface area contributed by atoms with Gasteiger partial charge < -0.3 is 5.32 Å². The van der Waals surface area contributed by atoms with E-state index >= 15 is 0 Å². The molecule has 0 amide bonds. The van der Waals surface area contributed by atoms with Gasteiger partial charge in [-0.25, -0.2) is 0 Å². The van der Waals surface area contributed by atoms with Crippen LogP contribution in [0.5, 0.6) is 0 Å². The molecule has 1 aliphatic rings. The van der Waals surface area contributed by atoms with Gasteiger partial charge in [0, 0.05) is 16.8 Å². The van der Waals surface area contributed by atoms with Crippen LogP contribution in [0.25, 0.3) is 10.1 Å². The Morgan fingerprint density at radius 2 is 2.20 bits per heavy atom. The summed E-state index contributed by atoms with van der Waals surface area (Å²) in [5.74, 6) is 0. The molecule has 0 spiro atoms. The lowest BCUT2D eigenvalue weighted by Crippen LogP contribution is -2.20. The fraction of sp³-hybridized carbons (Fsp3) is 0.385. The van der Waals surface area contributed by atoms with Crippen molar-refractivity contribution in [2.24, 2.45) is 0 Å². The molecule has 1 fully saturated rings. The summed E-state index contributed by atoms with van der Waals surface area (Å²) in [6.07, 6.45) is 2.70. The largest absolute Gasteiger partial charge is 0.307 e. The first-order valence-electron chi connectivity index (χ1n) is 5.57. The molecule has 0 unspecified atom stereocenters. The Labute approximate surface area is 94.1 Å². The number of benzene rings is 1. The predicted octanol–water partition coefficient (Wildman–Crippen LogP) is 3.71. The fourth-order valence-electron chi connectivity index (χ4n) is 2.05. The van der Waals surface area contributed by atoms with Crippen molar-refractivity contribution in [2.75, 3.05) is 0 Å². The number of nitrogens with one attached hydrogen (secondary N) is 1. The van der Waals surface area contributed by atoms with E-state index in [9.17, 15) is 0 Å². The standard InChI is InChI=1S/C13H15NS/c1-9(14-11-5-6-11)12-4-2-3-10-7-8-15-13(10)12/h2-4,7-9,11,14H,5-6H2,1H3/t9-/m0/s1. The topological polar surface area (TPSA) is 12.0 Å². The molecule has 78 valence electrons. The van der Waals surface area contributed by atoms with Crippen LogP contribution in [0.4, 0.5) is 0 Å². The maximum Gasteiger partial charge on any atom is 0.0390 e. The number of hydrogen-bond acceptors (Lipinski definition) is 2. The van der Waals surface area contributed by atoms with Gasteiger partial charge in [-0.2, -0.15) is 0 Å². The Kier molecular flexibility index (Phi) is 2.26. The maximum absolute atomic E-state index is 3.66. The number of thiophene rings is 1. The fourth-order valence-corrected chi connectivity index (χ4v) is 3.05. The molecule has 1 saturated carbocycles. The Hall–Kier alpha value is -0.860. The van der Waals surface area contributed by atoms with Gasteiger partial charge in [0.25, 0.3) is 0 Å². The minimum atomic E-state index is 0.486. The third kappa shape index (κ3) is 1.80. The summed E-state index contributed by atoms with van der Waals surface area (Å²) in [6, 6.07) is 10.1. The normalized spacial score (nSPS) is 18.2. The highest BCUT2D eigenvalue weighted by Crippen LogP contribution is 2.31. The lowest BCUT2D eigenvalue weighted by molar-refractivity contribution is 0.575. The second kappa shape index (κ2) is 3.62. The molecule has 1 aliphatic carbocycles. The molecule has 1 aromatic heterocycles. The minimum Gasteiger partial charge on any atom is -0.307 e. The second-order valence-corrected chi connectivity index (χ2v) is 5.26. The molecule has 3 rings (SSSR count). The van der Waals surface area contributed by atoms with Crippen LogP contribution < -0.4 is 5.32 Å². The first-order chi connectivity index (χ1) is 7.34. The molecule has 1 aromatic carbocycles. The maximum atomic E-state index is 3.66. The van der Waals surface area contributed by atoms with Gasteiger partial charge in [0.2, 0.25) is 0 Å². The summed E-state index contributed by atoms with van der Waals surface area (Å²) in [5.41, 5.74) is 1.45. The summed E-state index contributed by atoms with van der Waals surface area (Å²) < 4.78 is 1.44. The number of hydrogen-bond donors (Lipinski definition) is 1. The Balaban J connectivity index is 1.97. The van der Waals surface area contributed by atoms with Crippen LogP contribution in [-0.2, 0) is 0 Å². The van der Waals surface area contributed by atoms with Gasteiger partial charge in [-0.15, -0.1) is 11.3 Å². The summed E-state index contributed by atoms with van der Waals surface area (Å²) >= 11 is 1.85.